The van der Waals surface area contributed by atoms with E-state index in [0.717, 1.165) is 30.3 Å². The molecular weight excluding hydrogens is 510 g/mol. The number of nitrogens with zero attached hydrogens (tertiary/aromatic N) is 3. The molecule has 0 spiro atoms. The summed E-state index contributed by atoms with van der Waals surface area (Å²) in [6.45, 7) is 1.84. The van der Waals surface area contributed by atoms with E-state index < -0.39 is 39.8 Å². The molecule has 0 fully saturated rings. The third-order valence-corrected chi connectivity index (χ3v) is 6.04. The minimum Gasteiger partial charge on any atom is -0.324 e. The van der Waals surface area contributed by atoms with E-state index in [-0.39, 0.29) is 25.2 Å². The maximum absolute atomic E-state index is 13.1. The fourth-order valence-corrected chi connectivity index (χ4v) is 4.32. The van der Waals surface area contributed by atoms with Gasteiger partial charge in [-0.05, 0) is 54.8 Å². The monoisotopic (exact) mass is 530 g/mol. The van der Waals surface area contributed by atoms with Crippen LogP contribution in [-0.2, 0) is 17.1 Å². The number of rotatable bonds is 7. The number of hydrazone groups is 1. The average Bonchev–Trinajstić information content (AvgIpc) is 3.08. The number of anilines is 1. The Balaban J connectivity index is 1.80. The minimum absolute atomic E-state index is 0.169. The molecule has 0 saturated carbocycles. The third kappa shape index (κ3) is 6.49. The fourth-order valence-electron chi connectivity index (χ4n) is 4.03. The topological polar surface area (TPSA) is 68.5 Å². The lowest BCUT2D eigenvalue weighted by Crippen LogP contribution is -2.34. The molecule has 12 heteroatoms. The Morgan fingerprint density at radius 2 is 1.81 bits per heavy atom. The summed E-state index contributed by atoms with van der Waals surface area (Å²) in [5.74, 6) is -0.537. The van der Waals surface area contributed by atoms with E-state index in [4.69, 9.17) is 16.9 Å². The van der Waals surface area contributed by atoms with E-state index in [1.54, 1.807) is 0 Å². The van der Waals surface area contributed by atoms with Crippen LogP contribution in [0.25, 0.3) is 0 Å². The zero-order valence-corrected chi connectivity index (χ0v) is 19.7. The number of hydrogen-bond acceptors (Lipinski definition) is 4. The predicted octanol–water partition coefficient (Wildman–Crippen LogP) is 6.74. The Hall–Kier alpha value is -3.26. The Kier molecular flexibility index (Phi) is 7.88. The van der Waals surface area contributed by atoms with Gasteiger partial charge in [-0.3, -0.25) is 9.80 Å². The molecular formula is C24H21ClF6N4O. The van der Waals surface area contributed by atoms with Crippen molar-refractivity contribution in [1.29, 1.82) is 5.26 Å². The van der Waals surface area contributed by atoms with Crippen molar-refractivity contribution in [3.63, 3.8) is 0 Å². The van der Waals surface area contributed by atoms with Crippen molar-refractivity contribution in [1.82, 2.24) is 5.01 Å². The van der Waals surface area contributed by atoms with Crippen LogP contribution >= 0.6 is 11.6 Å². The lowest BCUT2D eigenvalue weighted by Gasteiger charge is -2.26. The molecule has 2 aromatic carbocycles. The summed E-state index contributed by atoms with van der Waals surface area (Å²) >= 11 is 5.90. The number of nitriles is 1. The van der Waals surface area contributed by atoms with Gasteiger partial charge in [0.1, 0.15) is 6.54 Å². The van der Waals surface area contributed by atoms with Gasteiger partial charge in [0.05, 0.1) is 27.9 Å². The molecule has 192 valence electrons. The molecule has 0 saturated heterocycles. The number of amides is 1. The van der Waals surface area contributed by atoms with Crippen LogP contribution in [0, 0.1) is 16.7 Å². The molecule has 1 N–H and O–H groups in total. The highest BCUT2D eigenvalue weighted by atomic mass is 35.5. The molecule has 1 amide bonds. The first-order valence-electron chi connectivity index (χ1n) is 10.8. The molecule has 0 bridgehead atoms. The average molecular weight is 531 g/mol. The second-order valence-electron chi connectivity index (χ2n) is 8.66. The quantitative estimate of drug-likeness (QED) is 0.318. The van der Waals surface area contributed by atoms with Crippen molar-refractivity contribution in [3.05, 3.63) is 64.2 Å². The number of carbonyl (C=O) groups excluding carboxylic acids is 1. The van der Waals surface area contributed by atoms with Crippen LogP contribution in [0.15, 0.2) is 47.6 Å². The van der Waals surface area contributed by atoms with E-state index in [2.05, 4.69) is 10.4 Å². The van der Waals surface area contributed by atoms with Crippen molar-refractivity contribution in [3.8, 4) is 6.07 Å². The van der Waals surface area contributed by atoms with E-state index in [1.807, 2.05) is 13.0 Å². The predicted molar refractivity (Wildman–Crippen MR) is 122 cm³/mol. The van der Waals surface area contributed by atoms with Crippen molar-refractivity contribution in [2.24, 2.45) is 10.5 Å². The van der Waals surface area contributed by atoms with Gasteiger partial charge in [0.15, 0.2) is 0 Å². The molecule has 1 aliphatic rings. The summed E-state index contributed by atoms with van der Waals surface area (Å²) < 4.78 is 77.6. The van der Waals surface area contributed by atoms with Crippen LogP contribution in [0.1, 0.15) is 42.9 Å². The van der Waals surface area contributed by atoms with Crippen molar-refractivity contribution >= 4 is 28.9 Å². The van der Waals surface area contributed by atoms with Gasteiger partial charge in [-0.15, -0.1) is 0 Å². The highest BCUT2D eigenvalue weighted by Crippen LogP contribution is 2.39. The first kappa shape index (κ1) is 27.3. The van der Waals surface area contributed by atoms with Crippen LogP contribution in [0.5, 0.6) is 0 Å². The van der Waals surface area contributed by atoms with Gasteiger partial charge < -0.3 is 5.32 Å². The van der Waals surface area contributed by atoms with Gasteiger partial charge in [-0.1, -0.05) is 24.6 Å². The number of halogens is 7. The van der Waals surface area contributed by atoms with Gasteiger partial charge in [0.25, 0.3) is 0 Å². The maximum Gasteiger partial charge on any atom is 0.417 e. The molecule has 1 atom stereocenters. The van der Waals surface area contributed by atoms with Crippen LogP contribution in [0.3, 0.4) is 0 Å². The zero-order valence-electron chi connectivity index (χ0n) is 19.0. The Bertz CT molecular complexity index is 1190. The summed E-state index contributed by atoms with van der Waals surface area (Å²) in [5, 5.41) is 16.8. The molecule has 0 aromatic heterocycles. The second-order valence-corrected chi connectivity index (χ2v) is 9.07. The van der Waals surface area contributed by atoms with Crippen LogP contribution in [0.2, 0.25) is 5.02 Å². The summed E-state index contributed by atoms with van der Waals surface area (Å²) in [7, 11) is 0. The number of unbranched alkanes of at least 4 members (excludes halogenated alkanes) is 1. The SMILES string of the molecule is CC1(CCCC#N)CN(CC(=O)Nc2ccc(C(F)(F)F)cc2)N=C1c1ccc(C(F)(F)F)c(Cl)c1. The maximum atomic E-state index is 13.1. The molecule has 0 aliphatic carbocycles. The third-order valence-electron chi connectivity index (χ3n) is 5.73. The molecule has 36 heavy (non-hydrogen) atoms. The summed E-state index contributed by atoms with van der Waals surface area (Å²) in [6.07, 6.45) is -7.86. The molecule has 3 rings (SSSR count). The highest BCUT2D eigenvalue weighted by Gasteiger charge is 2.40. The molecule has 0 radical (unpaired) electrons. The lowest BCUT2D eigenvalue weighted by molar-refractivity contribution is -0.138. The Morgan fingerprint density at radius 3 is 2.36 bits per heavy atom. The van der Waals surface area contributed by atoms with Gasteiger partial charge >= 0.3 is 12.4 Å². The van der Waals surface area contributed by atoms with Crippen LogP contribution in [0.4, 0.5) is 32.0 Å². The van der Waals surface area contributed by atoms with Gasteiger partial charge in [-0.2, -0.15) is 36.7 Å². The number of carbonyl (C=O) groups is 1. The van der Waals surface area contributed by atoms with E-state index in [0.29, 0.717) is 24.1 Å². The highest BCUT2D eigenvalue weighted by molar-refractivity contribution is 6.32. The van der Waals surface area contributed by atoms with Crippen LogP contribution < -0.4 is 5.32 Å². The second kappa shape index (κ2) is 10.4. The fraction of sp³-hybridized carbons (Fsp3) is 0.375. The zero-order chi connectivity index (χ0) is 26.7. The summed E-state index contributed by atoms with van der Waals surface area (Å²) in [5.41, 5.74) is -1.56. The number of alkyl halides is 6. The van der Waals surface area contributed by atoms with Gasteiger partial charge in [0, 0.05) is 24.1 Å². The van der Waals surface area contributed by atoms with Crippen LogP contribution in [-0.4, -0.2) is 29.7 Å². The largest absolute Gasteiger partial charge is 0.417 e. The summed E-state index contributed by atoms with van der Waals surface area (Å²) in [4.78, 5) is 12.5. The van der Waals surface area contributed by atoms with Crippen molar-refractivity contribution in [2.75, 3.05) is 18.4 Å². The van der Waals surface area contributed by atoms with Gasteiger partial charge in [0.2, 0.25) is 5.91 Å². The first-order valence-corrected chi connectivity index (χ1v) is 11.2. The molecule has 1 heterocycles. The number of nitrogens with one attached hydrogen (secondary N) is 1. The van der Waals surface area contributed by atoms with E-state index in [9.17, 15) is 31.1 Å². The Morgan fingerprint density at radius 1 is 1.14 bits per heavy atom. The van der Waals surface area contributed by atoms with E-state index >= 15 is 0 Å². The number of benzene rings is 2. The van der Waals surface area contributed by atoms with Crippen molar-refractivity contribution in [2.45, 2.75) is 38.5 Å². The molecule has 1 aliphatic heterocycles. The van der Waals surface area contributed by atoms with Gasteiger partial charge in [-0.25, -0.2) is 0 Å². The Labute approximate surface area is 208 Å². The molecule has 5 nitrogen and oxygen atoms in total. The summed E-state index contributed by atoms with van der Waals surface area (Å²) in [6, 6.07) is 9.33. The lowest BCUT2D eigenvalue weighted by atomic mass is 9.78. The number of hydrogen-bond donors (Lipinski definition) is 1. The van der Waals surface area contributed by atoms with Crippen molar-refractivity contribution < 1.29 is 31.1 Å². The molecule has 2 aromatic rings. The van der Waals surface area contributed by atoms with E-state index in [1.165, 1.54) is 17.1 Å². The smallest absolute Gasteiger partial charge is 0.324 e. The standard InChI is InChI=1S/C24H21ClF6N4O/c1-22(10-2-3-11-32)14-35(13-20(36)33-17-7-5-16(6-8-17)23(26,27)28)34-21(22)15-4-9-18(19(25)12-15)24(29,30)31/h4-9,12H,2-3,10,13-14H2,1H3,(H,33,36). The molecule has 1 unspecified atom stereocenters. The first-order chi connectivity index (χ1) is 16.7. The minimum atomic E-state index is -4.62. The normalized spacial score (nSPS) is 18.1.